The van der Waals surface area contributed by atoms with Crippen LogP contribution in [0.5, 0.6) is 5.75 Å². The predicted octanol–water partition coefficient (Wildman–Crippen LogP) is 3.08. The summed E-state index contributed by atoms with van der Waals surface area (Å²) in [4.78, 5) is 0. The van der Waals surface area contributed by atoms with Gasteiger partial charge in [-0.2, -0.15) is 0 Å². The molecule has 98 valence electrons. The van der Waals surface area contributed by atoms with Gasteiger partial charge in [0, 0.05) is 12.6 Å². The summed E-state index contributed by atoms with van der Waals surface area (Å²) >= 11 is 0. The molecule has 1 aromatic carbocycles. The molecule has 2 aliphatic rings. The van der Waals surface area contributed by atoms with Crippen molar-refractivity contribution in [2.24, 2.45) is 5.41 Å². The zero-order valence-electron chi connectivity index (χ0n) is 11.5. The molecule has 2 heteroatoms. The van der Waals surface area contributed by atoms with Crippen molar-refractivity contribution in [3.8, 4) is 5.75 Å². The van der Waals surface area contributed by atoms with E-state index < -0.39 is 0 Å². The highest BCUT2D eigenvalue weighted by atomic mass is 16.5. The van der Waals surface area contributed by atoms with E-state index in [9.17, 15) is 0 Å². The second-order valence-electron chi connectivity index (χ2n) is 6.15. The second-order valence-corrected chi connectivity index (χ2v) is 6.15. The Labute approximate surface area is 110 Å². The SMILES string of the molecule is COc1ccc(C)cc1CC1(CNC2CC2)CC1. The minimum atomic E-state index is 0.518. The summed E-state index contributed by atoms with van der Waals surface area (Å²) in [5, 5.41) is 3.69. The van der Waals surface area contributed by atoms with Gasteiger partial charge >= 0.3 is 0 Å². The highest BCUT2D eigenvalue weighted by Crippen LogP contribution is 2.49. The van der Waals surface area contributed by atoms with Crippen LogP contribution >= 0.6 is 0 Å². The molecule has 1 N–H and O–H groups in total. The fourth-order valence-electron chi connectivity index (χ4n) is 2.69. The van der Waals surface area contributed by atoms with E-state index in [2.05, 4.69) is 30.4 Å². The van der Waals surface area contributed by atoms with Crippen LogP contribution in [0.3, 0.4) is 0 Å². The molecule has 0 bridgehead atoms. The Kier molecular flexibility index (Phi) is 3.06. The Bertz CT molecular complexity index is 433. The number of methoxy groups -OCH3 is 1. The summed E-state index contributed by atoms with van der Waals surface area (Å²) in [5.41, 5.74) is 3.23. The van der Waals surface area contributed by atoms with Crippen LogP contribution in [0.4, 0.5) is 0 Å². The monoisotopic (exact) mass is 245 g/mol. The lowest BCUT2D eigenvalue weighted by atomic mass is 9.94. The standard InChI is InChI=1S/C16H23NO/c1-12-3-6-15(18-2)13(9-12)10-16(7-8-16)11-17-14-4-5-14/h3,6,9,14,17H,4-5,7-8,10-11H2,1-2H3. The molecule has 0 spiro atoms. The van der Waals surface area contributed by atoms with Gasteiger partial charge in [0.05, 0.1) is 7.11 Å². The largest absolute Gasteiger partial charge is 0.496 e. The van der Waals surface area contributed by atoms with Gasteiger partial charge in [-0.25, -0.2) is 0 Å². The second kappa shape index (κ2) is 4.58. The van der Waals surface area contributed by atoms with Crippen LogP contribution in [-0.2, 0) is 6.42 Å². The Morgan fingerprint density at radius 3 is 2.72 bits per heavy atom. The van der Waals surface area contributed by atoms with Crippen molar-refractivity contribution in [2.75, 3.05) is 13.7 Å². The molecule has 0 aromatic heterocycles. The molecule has 0 radical (unpaired) electrons. The summed E-state index contributed by atoms with van der Waals surface area (Å²) in [6.45, 7) is 3.35. The van der Waals surface area contributed by atoms with Gasteiger partial charge in [-0.15, -0.1) is 0 Å². The fourth-order valence-corrected chi connectivity index (χ4v) is 2.69. The van der Waals surface area contributed by atoms with Gasteiger partial charge in [0.15, 0.2) is 0 Å². The summed E-state index contributed by atoms with van der Waals surface area (Å²) in [7, 11) is 1.77. The molecule has 2 saturated carbocycles. The maximum Gasteiger partial charge on any atom is 0.122 e. The average molecular weight is 245 g/mol. The lowest BCUT2D eigenvalue weighted by molar-refractivity contribution is 0.396. The Morgan fingerprint density at radius 2 is 2.11 bits per heavy atom. The molecule has 0 unspecified atom stereocenters. The Balaban J connectivity index is 1.68. The van der Waals surface area contributed by atoms with Crippen LogP contribution in [0.2, 0.25) is 0 Å². The summed E-state index contributed by atoms with van der Waals surface area (Å²) in [5.74, 6) is 1.05. The number of nitrogens with one attached hydrogen (secondary N) is 1. The lowest BCUT2D eigenvalue weighted by Crippen LogP contribution is -2.27. The van der Waals surface area contributed by atoms with Gasteiger partial charge in [-0.3, -0.25) is 0 Å². The third kappa shape index (κ3) is 2.69. The van der Waals surface area contributed by atoms with Gasteiger partial charge < -0.3 is 10.1 Å². The zero-order chi connectivity index (χ0) is 12.6. The third-order valence-electron chi connectivity index (χ3n) is 4.30. The van der Waals surface area contributed by atoms with Crippen molar-refractivity contribution >= 4 is 0 Å². The van der Waals surface area contributed by atoms with E-state index in [1.807, 2.05) is 0 Å². The fraction of sp³-hybridized carbons (Fsp3) is 0.625. The van der Waals surface area contributed by atoms with Crippen LogP contribution < -0.4 is 10.1 Å². The Hall–Kier alpha value is -1.02. The van der Waals surface area contributed by atoms with Crippen molar-refractivity contribution < 1.29 is 4.74 Å². The average Bonchev–Trinajstić information content (AvgIpc) is 3.23. The molecule has 3 rings (SSSR count). The van der Waals surface area contributed by atoms with Gasteiger partial charge in [-0.05, 0) is 56.1 Å². The molecule has 0 atom stereocenters. The van der Waals surface area contributed by atoms with Gasteiger partial charge in [0.2, 0.25) is 0 Å². The molecular formula is C16H23NO. The van der Waals surface area contributed by atoms with Crippen LogP contribution in [-0.4, -0.2) is 19.7 Å². The highest BCUT2D eigenvalue weighted by Gasteiger charge is 2.43. The molecule has 1 aromatic rings. The molecule has 18 heavy (non-hydrogen) atoms. The third-order valence-corrected chi connectivity index (χ3v) is 4.30. The molecule has 0 aliphatic heterocycles. The van der Waals surface area contributed by atoms with E-state index in [1.54, 1.807) is 7.11 Å². The molecule has 0 saturated heterocycles. The molecule has 0 amide bonds. The van der Waals surface area contributed by atoms with Crippen molar-refractivity contribution in [1.29, 1.82) is 0 Å². The summed E-state index contributed by atoms with van der Waals surface area (Å²) in [6.07, 6.45) is 6.65. The number of rotatable bonds is 6. The van der Waals surface area contributed by atoms with Crippen molar-refractivity contribution in [3.63, 3.8) is 0 Å². The Morgan fingerprint density at radius 1 is 1.33 bits per heavy atom. The van der Waals surface area contributed by atoms with Gasteiger partial charge in [-0.1, -0.05) is 17.7 Å². The number of aryl methyl sites for hydroxylation is 1. The predicted molar refractivity (Wildman–Crippen MR) is 74.1 cm³/mol. The quantitative estimate of drug-likeness (QED) is 0.831. The van der Waals surface area contributed by atoms with Gasteiger partial charge in [0.25, 0.3) is 0 Å². The summed E-state index contributed by atoms with van der Waals surface area (Å²) < 4.78 is 5.49. The maximum atomic E-state index is 5.49. The van der Waals surface area contributed by atoms with E-state index in [0.717, 1.165) is 18.2 Å². The van der Waals surface area contributed by atoms with E-state index in [1.165, 1.54) is 43.4 Å². The van der Waals surface area contributed by atoms with E-state index in [-0.39, 0.29) is 0 Å². The molecule has 0 heterocycles. The number of hydrogen-bond acceptors (Lipinski definition) is 2. The maximum absolute atomic E-state index is 5.49. The van der Waals surface area contributed by atoms with Crippen LogP contribution in [0, 0.1) is 12.3 Å². The number of ether oxygens (including phenoxy) is 1. The first kappa shape index (κ1) is 12.0. The first-order chi connectivity index (χ1) is 8.71. The smallest absolute Gasteiger partial charge is 0.122 e. The van der Waals surface area contributed by atoms with E-state index >= 15 is 0 Å². The van der Waals surface area contributed by atoms with Crippen LogP contribution in [0.1, 0.15) is 36.8 Å². The molecular weight excluding hydrogens is 222 g/mol. The topological polar surface area (TPSA) is 21.3 Å². The minimum absolute atomic E-state index is 0.518. The van der Waals surface area contributed by atoms with Crippen molar-refractivity contribution in [2.45, 2.75) is 45.1 Å². The lowest BCUT2D eigenvalue weighted by Gasteiger charge is -2.18. The van der Waals surface area contributed by atoms with Gasteiger partial charge in [0.1, 0.15) is 5.75 Å². The zero-order valence-corrected chi connectivity index (χ0v) is 11.5. The minimum Gasteiger partial charge on any atom is -0.496 e. The van der Waals surface area contributed by atoms with Crippen LogP contribution in [0.25, 0.3) is 0 Å². The molecule has 2 nitrogen and oxygen atoms in total. The first-order valence-corrected chi connectivity index (χ1v) is 7.08. The molecule has 2 aliphatic carbocycles. The van der Waals surface area contributed by atoms with E-state index in [4.69, 9.17) is 4.74 Å². The van der Waals surface area contributed by atoms with Crippen molar-refractivity contribution in [3.05, 3.63) is 29.3 Å². The molecule has 2 fully saturated rings. The first-order valence-electron chi connectivity index (χ1n) is 7.08. The van der Waals surface area contributed by atoms with Crippen LogP contribution in [0.15, 0.2) is 18.2 Å². The number of benzene rings is 1. The van der Waals surface area contributed by atoms with Crippen molar-refractivity contribution in [1.82, 2.24) is 5.32 Å². The normalized spacial score (nSPS) is 20.8. The summed E-state index contributed by atoms with van der Waals surface area (Å²) in [6, 6.07) is 7.34. The number of hydrogen-bond donors (Lipinski definition) is 1. The van der Waals surface area contributed by atoms with E-state index in [0.29, 0.717) is 5.41 Å². The highest BCUT2D eigenvalue weighted by molar-refractivity contribution is 5.38.